The van der Waals surface area contributed by atoms with Gasteiger partial charge in [0.05, 0.1) is 16.8 Å². The highest BCUT2D eigenvalue weighted by molar-refractivity contribution is 6.31. The zero-order chi connectivity index (χ0) is 11.5. The van der Waals surface area contributed by atoms with Gasteiger partial charge in [0.25, 0.3) is 0 Å². The van der Waals surface area contributed by atoms with Crippen LogP contribution in [0.3, 0.4) is 0 Å². The number of likely N-dealkylation sites (tertiary alicyclic amines) is 1. The molecule has 0 spiro atoms. The fraction of sp³-hybridized carbons (Fsp3) is 0.545. The second-order valence-corrected chi connectivity index (χ2v) is 4.58. The van der Waals surface area contributed by atoms with Crippen LogP contribution in [0.15, 0.2) is 12.1 Å². The fourth-order valence-corrected chi connectivity index (χ4v) is 2.07. The van der Waals surface area contributed by atoms with Crippen LogP contribution < -0.4 is 5.73 Å². The Bertz CT molecular complexity index is 364. The topological polar surface area (TPSA) is 62.4 Å². The molecule has 5 heteroatoms. The molecule has 16 heavy (non-hydrogen) atoms. The Morgan fingerprint density at radius 2 is 2.12 bits per heavy atom. The lowest BCUT2D eigenvalue weighted by Crippen LogP contribution is -2.35. The summed E-state index contributed by atoms with van der Waals surface area (Å²) in [7, 11) is 0. The standard InChI is InChI=1S/C11H16ClN3O/c12-9-1-2-11(13)14-10(9)7-15-5-3-8(16)4-6-15/h1-2,8,16H,3-7H2,(H2,13,14). The van der Waals surface area contributed by atoms with E-state index in [0.717, 1.165) is 31.6 Å². The van der Waals surface area contributed by atoms with E-state index in [2.05, 4.69) is 9.88 Å². The minimum absolute atomic E-state index is 0.152. The molecule has 88 valence electrons. The summed E-state index contributed by atoms with van der Waals surface area (Å²) in [6.45, 7) is 2.47. The van der Waals surface area contributed by atoms with E-state index in [1.165, 1.54) is 0 Å². The molecule has 0 atom stereocenters. The Kier molecular flexibility index (Phi) is 3.63. The van der Waals surface area contributed by atoms with Gasteiger partial charge in [0.15, 0.2) is 0 Å². The molecule has 0 radical (unpaired) electrons. The van der Waals surface area contributed by atoms with Crippen LogP contribution in [0.25, 0.3) is 0 Å². The maximum atomic E-state index is 9.40. The van der Waals surface area contributed by atoms with Crippen LogP contribution in [0, 0.1) is 0 Å². The maximum Gasteiger partial charge on any atom is 0.123 e. The molecule has 4 nitrogen and oxygen atoms in total. The molecule has 0 unspecified atom stereocenters. The predicted octanol–water partition coefficient (Wildman–Crippen LogP) is 1.27. The van der Waals surface area contributed by atoms with Crippen molar-refractivity contribution < 1.29 is 5.11 Å². The second-order valence-electron chi connectivity index (χ2n) is 4.17. The van der Waals surface area contributed by atoms with Crippen molar-refractivity contribution in [3.05, 3.63) is 22.8 Å². The lowest BCUT2D eigenvalue weighted by molar-refractivity contribution is 0.0787. The zero-order valence-electron chi connectivity index (χ0n) is 9.06. The molecule has 1 aliphatic heterocycles. The largest absolute Gasteiger partial charge is 0.393 e. The number of pyridine rings is 1. The number of aliphatic hydroxyl groups excluding tert-OH is 1. The summed E-state index contributed by atoms with van der Waals surface area (Å²) in [6.07, 6.45) is 1.49. The number of piperidine rings is 1. The van der Waals surface area contributed by atoms with Crippen molar-refractivity contribution in [2.24, 2.45) is 0 Å². The Morgan fingerprint density at radius 3 is 2.81 bits per heavy atom. The normalized spacial score (nSPS) is 18.9. The van der Waals surface area contributed by atoms with Gasteiger partial charge in [-0.3, -0.25) is 4.90 Å². The van der Waals surface area contributed by atoms with Crippen molar-refractivity contribution in [3.8, 4) is 0 Å². The highest BCUT2D eigenvalue weighted by atomic mass is 35.5. The Balaban J connectivity index is 2.00. The van der Waals surface area contributed by atoms with Crippen molar-refractivity contribution in [3.63, 3.8) is 0 Å². The lowest BCUT2D eigenvalue weighted by atomic mass is 10.1. The van der Waals surface area contributed by atoms with E-state index < -0.39 is 0 Å². The first-order valence-electron chi connectivity index (χ1n) is 5.46. The number of nitrogen functional groups attached to an aromatic ring is 1. The molecule has 0 amide bonds. The molecule has 1 saturated heterocycles. The van der Waals surface area contributed by atoms with E-state index >= 15 is 0 Å². The number of halogens is 1. The van der Waals surface area contributed by atoms with Crippen molar-refractivity contribution in [1.29, 1.82) is 0 Å². The molecule has 2 rings (SSSR count). The van der Waals surface area contributed by atoms with E-state index in [1.807, 2.05) is 0 Å². The number of aliphatic hydroxyl groups is 1. The minimum Gasteiger partial charge on any atom is -0.393 e. The van der Waals surface area contributed by atoms with Crippen molar-refractivity contribution in [2.75, 3.05) is 18.8 Å². The number of anilines is 1. The van der Waals surface area contributed by atoms with Crippen molar-refractivity contribution >= 4 is 17.4 Å². The molecule has 3 N–H and O–H groups in total. The third-order valence-electron chi connectivity index (χ3n) is 2.87. The zero-order valence-corrected chi connectivity index (χ0v) is 9.82. The van der Waals surface area contributed by atoms with Gasteiger partial charge in [0.2, 0.25) is 0 Å². The third-order valence-corrected chi connectivity index (χ3v) is 3.21. The summed E-state index contributed by atoms with van der Waals surface area (Å²) in [5.74, 6) is 0.497. The van der Waals surface area contributed by atoms with Crippen LogP contribution in [0.4, 0.5) is 5.82 Å². The van der Waals surface area contributed by atoms with Gasteiger partial charge in [-0.05, 0) is 25.0 Å². The van der Waals surface area contributed by atoms with E-state index in [9.17, 15) is 5.11 Å². The molecule has 1 fully saturated rings. The van der Waals surface area contributed by atoms with Crippen LogP contribution in [0.1, 0.15) is 18.5 Å². The molecule has 0 aromatic carbocycles. The van der Waals surface area contributed by atoms with Gasteiger partial charge < -0.3 is 10.8 Å². The molecule has 2 heterocycles. The number of aromatic nitrogens is 1. The molecule has 0 bridgehead atoms. The van der Waals surface area contributed by atoms with Gasteiger partial charge in [-0.25, -0.2) is 4.98 Å². The van der Waals surface area contributed by atoms with Gasteiger partial charge in [0, 0.05) is 19.6 Å². The van der Waals surface area contributed by atoms with Crippen molar-refractivity contribution in [1.82, 2.24) is 9.88 Å². The van der Waals surface area contributed by atoms with Gasteiger partial charge in [0.1, 0.15) is 5.82 Å². The smallest absolute Gasteiger partial charge is 0.123 e. The van der Waals surface area contributed by atoms with Gasteiger partial charge >= 0.3 is 0 Å². The predicted molar refractivity (Wildman–Crippen MR) is 64.2 cm³/mol. The van der Waals surface area contributed by atoms with Crippen LogP contribution in [0.5, 0.6) is 0 Å². The maximum absolute atomic E-state index is 9.40. The highest BCUT2D eigenvalue weighted by Gasteiger charge is 2.18. The summed E-state index contributed by atoms with van der Waals surface area (Å²) in [6, 6.07) is 3.48. The van der Waals surface area contributed by atoms with Gasteiger partial charge in [-0.15, -0.1) is 0 Å². The molecule has 1 aromatic rings. The Labute approximate surface area is 100 Å². The van der Waals surface area contributed by atoms with Crippen LogP contribution >= 0.6 is 11.6 Å². The summed E-state index contributed by atoms with van der Waals surface area (Å²) in [4.78, 5) is 6.46. The molecular weight excluding hydrogens is 226 g/mol. The highest BCUT2D eigenvalue weighted by Crippen LogP contribution is 2.19. The monoisotopic (exact) mass is 241 g/mol. The first kappa shape index (κ1) is 11.6. The number of nitrogens with two attached hydrogens (primary N) is 1. The molecular formula is C11H16ClN3O. The number of rotatable bonds is 2. The second kappa shape index (κ2) is 4.99. The summed E-state index contributed by atoms with van der Waals surface area (Å²) >= 11 is 6.05. The van der Waals surface area contributed by atoms with Crippen LogP contribution in [-0.4, -0.2) is 34.2 Å². The van der Waals surface area contributed by atoms with E-state index in [-0.39, 0.29) is 6.10 Å². The Hall–Kier alpha value is -0.840. The third kappa shape index (κ3) is 2.84. The van der Waals surface area contributed by atoms with Crippen molar-refractivity contribution in [2.45, 2.75) is 25.5 Å². The first-order valence-corrected chi connectivity index (χ1v) is 5.84. The van der Waals surface area contributed by atoms with Gasteiger partial charge in [-0.2, -0.15) is 0 Å². The van der Waals surface area contributed by atoms with Crippen LogP contribution in [0.2, 0.25) is 5.02 Å². The number of hydrogen-bond donors (Lipinski definition) is 2. The number of hydrogen-bond acceptors (Lipinski definition) is 4. The Morgan fingerprint density at radius 1 is 1.44 bits per heavy atom. The number of nitrogens with zero attached hydrogens (tertiary/aromatic N) is 2. The average Bonchev–Trinajstić information content (AvgIpc) is 2.27. The van der Waals surface area contributed by atoms with Gasteiger partial charge in [-0.1, -0.05) is 11.6 Å². The minimum atomic E-state index is -0.152. The molecule has 0 aliphatic carbocycles. The van der Waals surface area contributed by atoms with Crippen LogP contribution in [-0.2, 0) is 6.54 Å². The summed E-state index contributed by atoms with van der Waals surface area (Å²) in [5.41, 5.74) is 6.44. The molecule has 1 aliphatic rings. The quantitative estimate of drug-likeness (QED) is 0.819. The average molecular weight is 242 g/mol. The molecule has 1 aromatic heterocycles. The van der Waals surface area contributed by atoms with E-state index in [4.69, 9.17) is 17.3 Å². The molecule has 0 saturated carbocycles. The summed E-state index contributed by atoms with van der Waals surface area (Å²) < 4.78 is 0. The lowest BCUT2D eigenvalue weighted by Gasteiger charge is -2.29. The SMILES string of the molecule is Nc1ccc(Cl)c(CN2CCC(O)CC2)n1. The van der Waals surface area contributed by atoms with E-state index in [0.29, 0.717) is 17.4 Å². The first-order chi connectivity index (χ1) is 7.65. The van der Waals surface area contributed by atoms with E-state index in [1.54, 1.807) is 12.1 Å². The fourth-order valence-electron chi connectivity index (χ4n) is 1.90. The summed E-state index contributed by atoms with van der Waals surface area (Å²) in [5, 5.41) is 10.1.